The number of hydrogen-bond donors (Lipinski definition) is 0. The van der Waals surface area contributed by atoms with Crippen LogP contribution in [0.2, 0.25) is 40.2 Å². The van der Waals surface area contributed by atoms with Crippen molar-refractivity contribution >= 4 is 133 Å². The van der Waals surface area contributed by atoms with Crippen LogP contribution in [0.1, 0.15) is 11.1 Å². The molecule has 0 fully saturated rings. The van der Waals surface area contributed by atoms with Crippen LogP contribution in [0.15, 0.2) is 337 Å². The van der Waals surface area contributed by atoms with Gasteiger partial charge in [-0.25, -0.2) is 78.8 Å². The number of benzene rings is 6. The molecule has 25 nitrogen and oxygen atoms in total. The first-order valence-electron chi connectivity index (χ1n) is 43.0. The van der Waals surface area contributed by atoms with E-state index in [-0.39, 0.29) is 27.9 Å². The summed E-state index contributed by atoms with van der Waals surface area (Å²) in [5.74, 6) is -2.00. The Morgan fingerprint density at radius 2 is 0.625 bits per heavy atom. The third-order valence-corrected chi connectivity index (χ3v) is 24.6. The van der Waals surface area contributed by atoms with E-state index < -0.39 is 23.3 Å². The summed E-state index contributed by atoms with van der Waals surface area (Å²) in [4.78, 5) is 54.4. The molecule has 0 aliphatic rings. The van der Waals surface area contributed by atoms with Crippen LogP contribution in [0.25, 0.3) is 173 Å². The summed E-state index contributed by atoms with van der Waals surface area (Å²) in [5.41, 5.74) is 20.9. The van der Waals surface area contributed by atoms with Gasteiger partial charge in [0.15, 0.2) is 34.1 Å². The highest BCUT2D eigenvalue weighted by Crippen LogP contribution is 2.43. The average Bonchev–Trinajstić information content (AvgIpc) is 1.13. The molecule has 0 bridgehead atoms. The average molecular weight is 2070 g/mol. The number of pyridine rings is 11. The fraction of sp³-hybridized carbons (Fsp3) is 0.0190. The zero-order valence-corrected chi connectivity index (χ0v) is 80.3. The highest BCUT2D eigenvalue weighted by atomic mass is 35.5. The molecule has 39 heteroatoms. The largest absolute Gasteiger partial charge is 0.360 e. The minimum Gasteiger partial charge on any atom is -0.360 e. The predicted molar refractivity (Wildman–Crippen MR) is 545 cm³/mol. The second-order valence-corrected chi connectivity index (χ2v) is 34.8. The first-order valence-corrected chi connectivity index (χ1v) is 46.0. The fourth-order valence-corrected chi connectivity index (χ4v) is 17.3. The van der Waals surface area contributed by atoms with E-state index in [4.69, 9.17) is 99.4 Å². The normalized spacial score (nSPS) is 11.0. The van der Waals surface area contributed by atoms with Gasteiger partial charge in [-0.2, -0.15) is 25.5 Å². The molecule has 0 aliphatic carbocycles. The zero-order chi connectivity index (χ0) is 99.9. The molecule has 24 rings (SSSR count). The number of aromatic nitrogens is 24. The maximum absolute atomic E-state index is 14.3. The van der Waals surface area contributed by atoms with Crippen molar-refractivity contribution in [2.45, 2.75) is 13.8 Å². The van der Waals surface area contributed by atoms with Crippen molar-refractivity contribution in [1.82, 2.24) is 117 Å². The summed E-state index contributed by atoms with van der Waals surface area (Å²) >= 11 is 49.7. The van der Waals surface area contributed by atoms with E-state index >= 15 is 0 Å². The van der Waals surface area contributed by atoms with E-state index in [1.807, 2.05) is 103 Å². The van der Waals surface area contributed by atoms with E-state index in [1.165, 1.54) is 101 Å². The Morgan fingerprint density at radius 1 is 0.257 bits per heavy atom. The molecule has 18 aromatic heterocycles. The number of halogens is 14. The quantitative estimate of drug-likeness (QED) is 0.0812. The monoisotopic (exact) mass is 2070 g/mol. The van der Waals surface area contributed by atoms with Crippen molar-refractivity contribution < 1.29 is 26.3 Å². The molecule has 0 unspecified atom stereocenters. The number of imidazole rings is 1. The molecule has 0 radical (unpaired) electrons. The topological polar surface area (TPSA) is 263 Å². The van der Waals surface area contributed by atoms with Crippen LogP contribution in [-0.2, 0) is 0 Å². The van der Waals surface area contributed by atoms with Gasteiger partial charge in [-0.05, 0) is 183 Å². The van der Waals surface area contributed by atoms with Crippen LogP contribution in [0.3, 0.4) is 0 Å². The molecule has 144 heavy (non-hydrogen) atoms. The van der Waals surface area contributed by atoms with Gasteiger partial charge < -0.3 is 4.85 Å². The molecular weight excluding hydrogens is 2010 g/mol. The van der Waals surface area contributed by atoms with Crippen LogP contribution in [0, 0.1) is 55.3 Å². The third kappa shape index (κ3) is 20.6. The van der Waals surface area contributed by atoms with Gasteiger partial charge in [-0.3, -0.25) is 29.9 Å². The Labute approximate surface area is 852 Å². The van der Waals surface area contributed by atoms with Crippen molar-refractivity contribution in [1.29, 1.82) is 0 Å². The van der Waals surface area contributed by atoms with Crippen LogP contribution in [0.4, 0.5) is 32.2 Å². The lowest BCUT2D eigenvalue weighted by Gasteiger charge is -2.11. The molecule has 704 valence electrons. The summed E-state index contributed by atoms with van der Waals surface area (Å²) in [6.07, 6.45) is 27.4. The van der Waals surface area contributed by atoms with Crippen LogP contribution in [0.5, 0.6) is 0 Å². The Morgan fingerprint density at radius 3 is 1.06 bits per heavy atom. The van der Waals surface area contributed by atoms with Gasteiger partial charge in [0, 0.05) is 208 Å². The summed E-state index contributed by atoms with van der Waals surface area (Å²) < 4.78 is 92.8. The molecule has 0 saturated carbocycles. The van der Waals surface area contributed by atoms with Crippen LogP contribution in [-0.4, -0.2) is 117 Å². The molecule has 0 spiro atoms. The highest BCUT2D eigenvalue weighted by Gasteiger charge is 2.24. The maximum atomic E-state index is 14.3. The Hall–Kier alpha value is -16.7. The number of nitrogens with zero attached hydrogens (tertiary/aromatic N) is 25. The second-order valence-electron chi connectivity index (χ2n) is 31.4. The van der Waals surface area contributed by atoms with Gasteiger partial charge >= 0.3 is 0 Å². The zero-order valence-electron chi connectivity index (χ0n) is 74.2. The minimum absolute atomic E-state index is 0.0435. The molecular formula is C105H61Cl8F6N25. The number of rotatable bonds is 12. The lowest BCUT2D eigenvalue weighted by molar-refractivity contribution is 0.618. The van der Waals surface area contributed by atoms with E-state index in [1.54, 1.807) is 173 Å². The van der Waals surface area contributed by atoms with Crippen molar-refractivity contribution in [2.75, 3.05) is 0 Å². The molecule has 0 saturated heterocycles. The van der Waals surface area contributed by atoms with Crippen LogP contribution >= 0.6 is 92.8 Å². The molecule has 0 aliphatic heterocycles. The SMILES string of the molecule is Cc1cc(-c2ncccc2-c2cn3ncnc3cc2Cl)ccc1F.Clc1cccc(-c2ncccc2-c2cn3ncnc3cc2Cl)c1.Fc1ccc(-c2ncccc2-c2cn3ncnc3cc2Cl)cc1Cl.Fc1ccc(Cl)cc1-c1ncccc1-c1cc(F)c2ncnn2c1.Fc1ccc(Cl)cc1-c1ncccc1-c1cn2ncnc2cc1Cl.[C-]#[N+]c1cnc2ccc(-c3cccnc3-c3ccc(F)c(C)c3)nn12. The highest BCUT2D eigenvalue weighted by molar-refractivity contribution is 6.36. The molecule has 6 aromatic carbocycles. The minimum atomic E-state index is -0.522. The van der Waals surface area contributed by atoms with Crippen LogP contribution < -0.4 is 0 Å². The van der Waals surface area contributed by atoms with Gasteiger partial charge in [0.05, 0.1) is 65.5 Å². The lowest BCUT2D eigenvalue weighted by atomic mass is 9.99. The Bertz CT molecular complexity index is 8890. The number of hydrogen-bond acceptors (Lipinski definition) is 18. The summed E-state index contributed by atoms with van der Waals surface area (Å²) in [6.45, 7) is 10.7. The fourth-order valence-electron chi connectivity index (χ4n) is 15.6. The van der Waals surface area contributed by atoms with Crippen molar-refractivity contribution in [3.63, 3.8) is 0 Å². The first kappa shape index (κ1) is 96.2. The predicted octanol–water partition coefficient (Wildman–Crippen LogP) is 28.0. The molecule has 24 aromatic rings. The Kier molecular flexibility index (Phi) is 28.3. The van der Waals surface area contributed by atoms with E-state index in [0.717, 1.165) is 67.0 Å². The summed E-state index contributed by atoms with van der Waals surface area (Å²) in [7, 11) is 0. The van der Waals surface area contributed by atoms with Gasteiger partial charge in [-0.15, -0.1) is 4.52 Å². The van der Waals surface area contributed by atoms with Gasteiger partial charge in [0.2, 0.25) is 5.65 Å². The standard InChI is InChI=1S/C19H12FN5.C18H12ClFN4.2C17H9Cl2FN4.C17H10Cl2N4.C17H9ClF2N4/c1-12-10-13(5-6-15(12)20)19-14(4-3-9-22-19)16-7-8-17-23-11-18(21-2)25(17)24-16;1-11-7-12(4-5-16(11)20)18-13(3-2-6-21-18)14-9-24-17(8-15(14)19)22-10-23-24;18-13-7-16-22-9-23-24(16)8-12(13)11-2-1-5-21-17(11)10-3-4-15(20)14(19)6-10;18-10-3-4-15(20)12(6-10)17-11(2-1-5-21-17)13-8-24-16(7-14(13)19)22-9-23-24;18-12-4-1-3-11(7-12)17-13(5-2-6-20-17)14-9-23-16(8-15(14)19)21-10-22-23;18-11-3-4-14(19)13(7-11)16-12(2-1-5-21-16)10-6-15(20)17-22-9-23-24(17)8-10/h3-11H,1H3;2-10H,1H3;2*1-9H;1-10H;1-9H. The van der Waals surface area contributed by atoms with Crippen molar-refractivity contribution in [3.8, 4) is 134 Å². The third-order valence-electron chi connectivity index (χ3n) is 22.4. The number of aryl methyl sites for hydroxylation is 2. The smallest absolute Gasteiger partial charge is 0.275 e. The Balaban J connectivity index is 0.000000109. The van der Waals surface area contributed by atoms with E-state index in [2.05, 4.69) is 95.2 Å². The number of fused-ring (bicyclic) bond motifs is 6. The molecule has 0 atom stereocenters. The van der Waals surface area contributed by atoms with Gasteiger partial charge in [-0.1, -0.05) is 147 Å². The molecule has 18 heterocycles. The van der Waals surface area contributed by atoms with Crippen molar-refractivity contribution in [3.05, 3.63) is 434 Å². The first-order chi connectivity index (χ1) is 69.9. The molecule has 0 N–H and O–H groups in total. The van der Waals surface area contributed by atoms with E-state index in [9.17, 15) is 26.3 Å². The maximum Gasteiger partial charge on any atom is 0.275 e. The summed E-state index contributed by atoms with van der Waals surface area (Å²) in [6, 6.07) is 64.6. The van der Waals surface area contributed by atoms with Gasteiger partial charge in [0.1, 0.15) is 66.4 Å². The second kappa shape index (κ2) is 42.4. The summed E-state index contributed by atoms with van der Waals surface area (Å²) in [5, 5.41) is 28.7. The molecule has 0 amide bonds. The van der Waals surface area contributed by atoms with E-state index in [0.29, 0.717) is 142 Å². The van der Waals surface area contributed by atoms with Crippen molar-refractivity contribution in [2.24, 2.45) is 0 Å². The lowest BCUT2D eigenvalue weighted by Crippen LogP contribution is -1.97. The van der Waals surface area contributed by atoms with Gasteiger partial charge in [0.25, 0.3) is 5.82 Å².